The Hall–Kier alpha value is -4.06. The van der Waals surface area contributed by atoms with Crippen LogP contribution >= 0.6 is 0 Å². The van der Waals surface area contributed by atoms with Crippen LogP contribution in [0.25, 0.3) is 5.52 Å². The zero-order chi connectivity index (χ0) is 30.6. The number of ether oxygens (including phenoxy) is 4. The van der Waals surface area contributed by atoms with Crippen molar-refractivity contribution in [1.29, 1.82) is 0 Å². The Morgan fingerprint density at radius 3 is 2.43 bits per heavy atom. The number of aromatic nitrogens is 3. The number of H-pyrrole nitrogens is 1. The average molecular weight is 599 g/mol. The lowest BCUT2D eigenvalue weighted by molar-refractivity contribution is -0.346. The van der Waals surface area contributed by atoms with E-state index in [4.69, 9.17) is 30.4 Å². The van der Waals surface area contributed by atoms with Gasteiger partial charge in [0.25, 0.3) is 0 Å². The summed E-state index contributed by atoms with van der Waals surface area (Å²) in [6.45, 7) is 3.34. The lowest BCUT2D eigenvalue weighted by Gasteiger charge is -2.40. The van der Waals surface area contributed by atoms with Crippen molar-refractivity contribution in [1.82, 2.24) is 9.61 Å². The van der Waals surface area contributed by atoms with Gasteiger partial charge in [0.15, 0.2) is 5.60 Å². The summed E-state index contributed by atoms with van der Waals surface area (Å²) in [5.74, 6) is -1.39. The molecule has 230 valence electrons. The van der Waals surface area contributed by atoms with E-state index >= 15 is 0 Å². The number of allylic oxidation sites excluding steroid dienone is 3. The van der Waals surface area contributed by atoms with Gasteiger partial charge in [0.1, 0.15) is 17.3 Å². The number of nitrogen functional groups attached to an aromatic ring is 2. The van der Waals surface area contributed by atoms with E-state index in [1.54, 1.807) is 12.1 Å². The number of benzene rings is 2. The van der Waals surface area contributed by atoms with Crippen LogP contribution in [0.4, 0.5) is 11.8 Å². The van der Waals surface area contributed by atoms with Gasteiger partial charge >= 0.3 is 5.95 Å². The van der Waals surface area contributed by atoms with Gasteiger partial charge in [0, 0.05) is 12.5 Å². The van der Waals surface area contributed by atoms with Crippen LogP contribution in [-0.2, 0) is 37.9 Å². The van der Waals surface area contributed by atoms with E-state index < -0.39 is 23.6 Å². The van der Waals surface area contributed by atoms with Crippen molar-refractivity contribution >= 4 is 17.3 Å². The fourth-order valence-corrected chi connectivity index (χ4v) is 6.00. The number of rotatable bonds is 12. The molecule has 5 unspecified atom stereocenters. The van der Waals surface area contributed by atoms with Crippen LogP contribution in [-0.4, -0.2) is 45.7 Å². The second-order valence-corrected chi connectivity index (χ2v) is 11.5. The number of hydrogen-bond acceptors (Lipinski definition) is 8. The summed E-state index contributed by atoms with van der Waals surface area (Å²) in [4.78, 5) is 2.84. The van der Waals surface area contributed by atoms with Gasteiger partial charge in [-0.2, -0.15) is 4.52 Å². The third-order valence-electron chi connectivity index (χ3n) is 8.42. The van der Waals surface area contributed by atoms with Gasteiger partial charge in [-0.25, -0.2) is 4.98 Å². The summed E-state index contributed by atoms with van der Waals surface area (Å²) >= 11 is 0. The van der Waals surface area contributed by atoms with E-state index in [-0.39, 0.29) is 18.5 Å². The molecular formula is C34H40N5O5+. The first-order valence-electron chi connectivity index (χ1n) is 15.0. The molecule has 44 heavy (non-hydrogen) atoms. The Morgan fingerprint density at radius 1 is 1.00 bits per heavy atom. The van der Waals surface area contributed by atoms with E-state index in [0.717, 1.165) is 17.5 Å². The Morgan fingerprint density at radius 2 is 1.73 bits per heavy atom. The zero-order valence-corrected chi connectivity index (χ0v) is 24.8. The maximum absolute atomic E-state index is 12.7. The Balaban J connectivity index is 1.34. The molecule has 2 aromatic carbocycles. The van der Waals surface area contributed by atoms with Crippen LogP contribution < -0.4 is 16.5 Å². The molecule has 3 heterocycles. The van der Waals surface area contributed by atoms with Gasteiger partial charge in [-0.15, -0.1) is 0 Å². The van der Waals surface area contributed by atoms with Crippen molar-refractivity contribution in [2.75, 3.05) is 24.7 Å². The highest BCUT2D eigenvalue weighted by atomic mass is 16.7. The quantitative estimate of drug-likeness (QED) is 0.208. The molecule has 0 spiro atoms. The normalized spacial score (nSPS) is 26.5. The highest BCUT2D eigenvalue weighted by Crippen LogP contribution is 2.50. The molecule has 10 nitrogen and oxygen atoms in total. The number of nitrogens with zero attached hydrogens (tertiary/aromatic N) is 2. The van der Waals surface area contributed by atoms with Crippen molar-refractivity contribution in [3.63, 3.8) is 0 Å². The van der Waals surface area contributed by atoms with Gasteiger partial charge in [0.05, 0.1) is 25.9 Å². The number of aliphatic hydroxyl groups is 1. The smallest absolute Gasteiger partial charge is 0.363 e. The van der Waals surface area contributed by atoms with Crippen LogP contribution in [0.2, 0.25) is 0 Å². The zero-order valence-electron chi connectivity index (χ0n) is 24.8. The topological polar surface area (TPSA) is 141 Å². The van der Waals surface area contributed by atoms with Crippen LogP contribution in [0.1, 0.15) is 36.6 Å². The minimum absolute atomic E-state index is 0.0942. The fourth-order valence-electron chi connectivity index (χ4n) is 6.00. The molecule has 1 aliphatic carbocycles. The maximum Gasteiger partial charge on any atom is 0.363 e. The van der Waals surface area contributed by atoms with E-state index in [1.165, 1.54) is 4.52 Å². The predicted octanol–water partition coefficient (Wildman–Crippen LogP) is 3.96. The summed E-state index contributed by atoms with van der Waals surface area (Å²) in [6.07, 6.45) is 8.41. The summed E-state index contributed by atoms with van der Waals surface area (Å²) in [5, 5.41) is 17.1. The van der Waals surface area contributed by atoms with Gasteiger partial charge in [-0.1, -0.05) is 85.0 Å². The number of anilines is 2. The van der Waals surface area contributed by atoms with Gasteiger partial charge in [-0.3, -0.25) is 0 Å². The van der Waals surface area contributed by atoms with Crippen molar-refractivity contribution in [3.05, 3.63) is 114 Å². The molecule has 0 radical (unpaired) electrons. The predicted molar refractivity (Wildman–Crippen MR) is 166 cm³/mol. The molecule has 4 aromatic rings. The highest BCUT2D eigenvalue weighted by Gasteiger charge is 2.67. The molecule has 10 heteroatoms. The first kappa shape index (κ1) is 30.0. The van der Waals surface area contributed by atoms with Crippen LogP contribution in [0.5, 0.6) is 0 Å². The molecule has 0 amide bonds. The molecule has 5 atom stereocenters. The second kappa shape index (κ2) is 12.9. The Labute approximate surface area is 256 Å². The Bertz CT molecular complexity index is 1610. The number of nitrogens with one attached hydrogen (secondary N) is 1. The largest absolute Gasteiger partial charge is 0.377 e. The first-order chi connectivity index (χ1) is 21.4. The van der Waals surface area contributed by atoms with Gasteiger partial charge in [-0.05, 0) is 48.1 Å². The minimum atomic E-state index is -1.99. The summed E-state index contributed by atoms with van der Waals surface area (Å²) in [5.41, 5.74) is 13.8. The molecular weight excluding hydrogens is 558 g/mol. The molecule has 6 rings (SSSR count). The van der Waals surface area contributed by atoms with Crippen molar-refractivity contribution in [2.24, 2.45) is 5.92 Å². The highest BCUT2D eigenvalue weighted by molar-refractivity contribution is 5.63. The number of fused-ring (bicyclic) bond motifs is 1. The van der Waals surface area contributed by atoms with Gasteiger partial charge < -0.3 is 35.5 Å². The molecule has 2 aliphatic rings. The SMILES string of the molecule is CC1(OCc2ccccc2)C(OCC2C=CC=CC2)C(CCOCc2ccccc2)OC1(O)c1ccc2c(N)[nH+]c(N)nn12. The molecule has 0 bridgehead atoms. The van der Waals surface area contributed by atoms with E-state index in [1.807, 2.05) is 79.7 Å². The minimum Gasteiger partial charge on any atom is -0.377 e. The average Bonchev–Trinajstić information content (AvgIpc) is 3.56. The summed E-state index contributed by atoms with van der Waals surface area (Å²) in [6, 6.07) is 23.3. The van der Waals surface area contributed by atoms with E-state index in [2.05, 4.69) is 22.2 Å². The maximum atomic E-state index is 12.7. The molecule has 1 saturated heterocycles. The molecule has 6 N–H and O–H groups in total. The van der Waals surface area contributed by atoms with Crippen LogP contribution in [0, 0.1) is 5.92 Å². The molecule has 1 fully saturated rings. The van der Waals surface area contributed by atoms with E-state index in [0.29, 0.717) is 43.3 Å². The van der Waals surface area contributed by atoms with Crippen molar-refractivity contribution < 1.29 is 29.0 Å². The summed E-state index contributed by atoms with van der Waals surface area (Å²) in [7, 11) is 0. The number of aromatic amines is 1. The second-order valence-electron chi connectivity index (χ2n) is 11.5. The van der Waals surface area contributed by atoms with Crippen LogP contribution in [0.3, 0.4) is 0 Å². The standard InChI is InChI=1S/C34H39N5O5/c1-33(43-23-26-15-9-4-10-16-26)30(42-22-25-13-7-3-8-14-25)28(19-20-41-21-24-11-5-2-6-12-24)44-34(33,40)29-18-17-27-31(35)37-32(36)38-39(27)29/h2-13,15-18,25,28,30,40H,14,19-23H2,1H3,(H4,35,36,37,38)/p+1. The lowest BCUT2D eigenvalue weighted by Crippen LogP contribution is -2.56. The van der Waals surface area contributed by atoms with Crippen LogP contribution in [0.15, 0.2) is 97.1 Å². The number of nitrogens with two attached hydrogens (primary N) is 2. The molecule has 1 aliphatic heterocycles. The third kappa shape index (κ3) is 5.99. The summed E-state index contributed by atoms with van der Waals surface area (Å²) < 4.78 is 27.6. The number of hydrogen-bond donors (Lipinski definition) is 3. The van der Waals surface area contributed by atoms with Gasteiger partial charge in [0.2, 0.25) is 11.6 Å². The van der Waals surface area contributed by atoms with Crippen molar-refractivity contribution in [2.45, 2.75) is 56.6 Å². The lowest BCUT2D eigenvalue weighted by atomic mass is 9.86. The molecule has 2 aromatic heterocycles. The Kier molecular flexibility index (Phi) is 8.79. The van der Waals surface area contributed by atoms with Crippen molar-refractivity contribution in [3.8, 4) is 0 Å². The fraction of sp³-hybridized carbons (Fsp3) is 0.353. The third-order valence-corrected chi connectivity index (χ3v) is 8.42. The molecule has 0 saturated carbocycles. The first-order valence-corrected chi connectivity index (χ1v) is 15.0. The van der Waals surface area contributed by atoms with E-state index in [9.17, 15) is 5.11 Å². The monoisotopic (exact) mass is 598 g/mol.